The monoisotopic (exact) mass is 977 g/mol. The second-order valence-electron chi connectivity index (χ2n) is 20.2. The fourth-order valence-electron chi connectivity index (χ4n) is 8.60. The van der Waals surface area contributed by atoms with Gasteiger partial charge in [-0.15, -0.1) is 0 Å². The van der Waals surface area contributed by atoms with E-state index in [1.165, 1.54) is 199 Å². The number of carbonyl (C=O) groups excluding carboxylic acids is 2. The summed E-state index contributed by atoms with van der Waals surface area (Å²) in [5, 5.41) is 0. The third-order valence-corrected chi connectivity index (χ3v) is 13.2. The van der Waals surface area contributed by atoms with Crippen molar-refractivity contribution in [3.63, 3.8) is 0 Å². The SMILES string of the molecule is CCCCC/C=C\C/C=C\C/C=C\CCCCCCCCCOCC(COC(=O)CCCCCCCCCCC/C=C\CCCCCCCC)OC(=O)CCCCCCC/C=C\C/C=C\CCCCC. The number of carbonyl (C=O) groups is 2. The quantitative estimate of drug-likeness (QED) is 0.0345. The number of hydrogen-bond donors (Lipinski definition) is 0. The third-order valence-electron chi connectivity index (χ3n) is 13.2. The van der Waals surface area contributed by atoms with Gasteiger partial charge in [-0.3, -0.25) is 9.59 Å². The molecule has 1 atom stereocenters. The minimum Gasteiger partial charge on any atom is -0.462 e. The lowest BCUT2D eigenvalue weighted by atomic mass is 10.1. The average Bonchev–Trinajstić information content (AvgIpc) is 3.36. The smallest absolute Gasteiger partial charge is 0.306 e. The second kappa shape index (κ2) is 60.6. The number of hydrogen-bond acceptors (Lipinski definition) is 5. The van der Waals surface area contributed by atoms with E-state index in [4.69, 9.17) is 14.2 Å². The number of unbranched alkanes of at least 4 members (excludes halogenated alkanes) is 33. The van der Waals surface area contributed by atoms with Crippen LogP contribution in [-0.4, -0.2) is 37.9 Å². The highest BCUT2D eigenvalue weighted by atomic mass is 16.6. The summed E-state index contributed by atoms with van der Waals surface area (Å²) in [5.74, 6) is -0.411. The lowest BCUT2D eigenvalue weighted by Crippen LogP contribution is -2.30. The van der Waals surface area contributed by atoms with Gasteiger partial charge in [0.1, 0.15) is 6.61 Å². The second-order valence-corrected chi connectivity index (χ2v) is 20.2. The van der Waals surface area contributed by atoms with Crippen LogP contribution in [0.4, 0.5) is 0 Å². The molecule has 0 saturated heterocycles. The molecule has 0 aromatic carbocycles. The maximum absolute atomic E-state index is 12.9. The van der Waals surface area contributed by atoms with Crippen LogP contribution in [0.25, 0.3) is 0 Å². The fourth-order valence-corrected chi connectivity index (χ4v) is 8.60. The van der Waals surface area contributed by atoms with Gasteiger partial charge in [0.25, 0.3) is 0 Å². The normalized spacial score (nSPS) is 12.7. The molecule has 0 aliphatic carbocycles. The van der Waals surface area contributed by atoms with Crippen LogP contribution in [0.2, 0.25) is 0 Å². The highest BCUT2D eigenvalue weighted by molar-refractivity contribution is 5.70. The summed E-state index contributed by atoms with van der Waals surface area (Å²) >= 11 is 0. The maximum atomic E-state index is 12.9. The Morgan fingerprint density at radius 2 is 0.600 bits per heavy atom. The molecule has 0 spiro atoms. The van der Waals surface area contributed by atoms with Gasteiger partial charge in [-0.2, -0.15) is 0 Å². The van der Waals surface area contributed by atoms with Gasteiger partial charge >= 0.3 is 11.9 Å². The van der Waals surface area contributed by atoms with Crippen LogP contribution in [0, 0.1) is 0 Å². The fraction of sp³-hybridized carbons (Fsp3) is 0.785. The molecule has 406 valence electrons. The van der Waals surface area contributed by atoms with Gasteiger partial charge in [-0.05, 0) is 116 Å². The molecule has 0 bridgehead atoms. The lowest BCUT2D eigenvalue weighted by Gasteiger charge is -2.18. The molecule has 0 rings (SSSR count). The zero-order valence-electron chi connectivity index (χ0n) is 46.8. The summed E-state index contributed by atoms with van der Waals surface area (Å²) < 4.78 is 17.5. The van der Waals surface area contributed by atoms with E-state index >= 15 is 0 Å². The van der Waals surface area contributed by atoms with Crippen LogP contribution in [-0.2, 0) is 23.8 Å². The van der Waals surface area contributed by atoms with E-state index in [2.05, 4.69) is 93.7 Å². The third kappa shape index (κ3) is 57.9. The van der Waals surface area contributed by atoms with Gasteiger partial charge in [0.15, 0.2) is 6.10 Å². The Hall–Kier alpha value is -2.66. The molecule has 0 amide bonds. The van der Waals surface area contributed by atoms with Crippen molar-refractivity contribution in [2.75, 3.05) is 19.8 Å². The number of rotatable bonds is 56. The highest BCUT2D eigenvalue weighted by Crippen LogP contribution is 2.15. The summed E-state index contributed by atoms with van der Waals surface area (Å²) in [4.78, 5) is 25.6. The van der Waals surface area contributed by atoms with Crippen LogP contribution in [0.5, 0.6) is 0 Å². The van der Waals surface area contributed by atoms with E-state index in [9.17, 15) is 9.59 Å². The largest absolute Gasteiger partial charge is 0.462 e. The Balaban J connectivity index is 4.29. The molecule has 5 heteroatoms. The molecule has 5 nitrogen and oxygen atoms in total. The predicted octanol–water partition coefficient (Wildman–Crippen LogP) is 21.0. The van der Waals surface area contributed by atoms with Gasteiger partial charge in [0.2, 0.25) is 0 Å². The molecular weight excluding hydrogens is 861 g/mol. The van der Waals surface area contributed by atoms with E-state index in [1.54, 1.807) is 0 Å². The number of ether oxygens (including phenoxy) is 3. The summed E-state index contributed by atoms with van der Waals surface area (Å²) in [5.41, 5.74) is 0. The first-order valence-electron chi connectivity index (χ1n) is 30.5. The van der Waals surface area contributed by atoms with Crippen molar-refractivity contribution in [1.29, 1.82) is 0 Å². The van der Waals surface area contributed by atoms with Crippen molar-refractivity contribution in [2.24, 2.45) is 0 Å². The van der Waals surface area contributed by atoms with Crippen molar-refractivity contribution in [1.82, 2.24) is 0 Å². The molecule has 0 aromatic heterocycles. The molecule has 0 radical (unpaired) electrons. The molecule has 0 fully saturated rings. The van der Waals surface area contributed by atoms with Crippen molar-refractivity contribution in [3.05, 3.63) is 72.9 Å². The van der Waals surface area contributed by atoms with Crippen LogP contribution in [0.15, 0.2) is 72.9 Å². The van der Waals surface area contributed by atoms with Gasteiger partial charge in [0.05, 0.1) is 6.61 Å². The Kier molecular flexibility index (Phi) is 58.3. The average molecular weight is 978 g/mol. The highest BCUT2D eigenvalue weighted by Gasteiger charge is 2.17. The van der Waals surface area contributed by atoms with E-state index in [0.29, 0.717) is 19.4 Å². The molecule has 0 aliphatic heterocycles. The molecule has 0 aliphatic rings. The first-order chi connectivity index (χ1) is 34.6. The Morgan fingerprint density at radius 1 is 0.314 bits per heavy atom. The Labute approximate surface area is 436 Å². The van der Waals surface area contributed by atoms with E-state index in [0.717, 1.165) is 70.6 Å². The van der Waals surface area contributed by atoms with Crippen molar-refractivity contribution >= 4 is 11.9 Å². The van der Waals surface area contributed by atoms with Gasteiger partial charge in [-0.25, -0.2) is 0 Å². The van der Waals surface area contributed by atoms with Crippen molar-refractivity contribution < 1.29 is 23.8 Å². The van der Waals surface area contributed by atoms with Crippen LogP contribution in [0.3, 0.4) is 0 Å². The molecule has 70 heavy (non-hydrogen) atoms. The number of esters is 2. The lowest BCUT2D eigenvalue weighted by molar-refractivity contribution is -0.163. The predicted molar refractivity (Wildman–Crippen MR) is 307 cm³/mol. The minimum absolute atomic E-state index is 0.0738. The van der Waals surface area contributed by atoms with E-state index in [-0.39, 0.29) is 25.2 Å². The van der Waals surface area contributed by atoms with E-state index in [1.807, 2.05) is 0 Å². The topological polar surface area (TPSA) is 61.8 Å². The first-order valence-corrected chi connectivity index (χ1v) is 30.5. The molecule has 0 N–H and O–H groups in total. The molecular formula is C65H116O5. The van der Waals surface area contributed by atoms with E-state index < -0.39 is 6.10 Å². The van der Waals surface area contributed by atoms with Crippen LogP contribution in [0.1, 0.15) is 303 Å². The summed E-state index contributed by atoms with van der Waals surface area (Å²) in [7, 11) is 0. The summed E-state index contributed by atoms with van der Waals surface area (Å²) in [6.45, 7) is 7.77. The maximum Gasteiger partial charge on any atom is 0.306 e. The van der Waals surface area contributed by atoms with Crippen LogP contribution < -0.4 is 0 Å². The molecule has 0 heterocycles. The Morgan fingerprint density at radius 3 is 1.00 bits per heavy atom. The van der Waals surface area contributed by atoms with Gasteiger partial charge in [-0.1, -0.05) is 248 Å². The molecule has 0 aromatic rings. The van der Waals surface area contributed by atoms with Gasteiger partial charge < -0.3 is 14.2 Å². The molecule has 0 saturated carbocycles. The Bertz CT molecular complexity index is 1240. The first kappa shape index (κ1) is 67.3. The summed E-state index contributed by atoms with van der Waals surface area (Å²) in [6.07, 6.45) is 79.2. The minimum atomic E-state index is -0.553. The van der Waals surface area contributed by atoms with Gasteiger partial charge in [0, 0.05) is 19.4 Å². The summed E-state index contributed by atoms with van der Waals surface area (Å²) in [6, 6.07) is 0. The standard InChI is InChI=1S/C65H116O5/c1-4-7-10-13-16-19-22-25-28-30-32-34-36-39-42-45-48-51-54-57-60-68-61-63(70-65(67)59-56-53-50-47-44-41-37-27-24-21-18-15-12-9-6-3)62-69-64(66)58-55-52-49-46-43-40-38-35-33-31-29-26-23-20-17-14-11-8-5-2/h16,18-19,21,25-29,32,34,37,63H,4-15,17,20,22-24,30-31,33,35-36,38-62H2,1-3H3/b19-16-,21-18-,28-25-,29-26-,34-32-,37-27-. The zero-order chi connectivity index (χ0) is 50.6. The van der Waals surface area contributed by atoms with Crippen LogP contribution >= 0.6 is 0 Å². The molecule has 1 unspecified atom stereocenters. The number of allylic oxidation sites excluding steroid dienone is 12. The van der Waals surface area contributed by atoms with Crippen molar-refractivity contribution in [3.8, 4) is 0 Å². The van der Waals surface area contributed by atoms with Crippen molar-refractivity contribution in [2.45, 2.75) is 309 Å². The zero-order valence-corrected chi connectivity index (χ0v) is 46.8.